The molecule has 160 valence electrons. The molecule has 1 amide bonds. The van der Waals surface area contributed by atoms with Crippen molar-refractivity contribution in [3.63, 3.8) is 0 Å². The third-order valence-electron chi connectivity index (χ3n) is 5.98. The van der Waals surface area contributed by atoms with Gasteiger partial charge in [0.05, 0.1) is 19.1 Å². The van der Waals surface area contributed by atoms with Gasteiger partial charge in [0, 0.05) is 38.4 Å². The number of ether oxygens (including phenoxy) is 1. The Labute approximate surface area is 177 Å². The minimum atomic E-state index is -0.215. The van der Waals surface area contributed by atoms with Crippen molar-refractivity contribution in [2.45, 2.75) is 25.9 Å². The van der Waals surface area contributed by atoms with Crippen molar-refractivity contribution in [1.82, 2.24) is 10.2 Å². The molecule has 0 saturated carbocycles. The number of carbonyl (C=O) groups is 1. The first-order valence-corrected chi connectivity index (χ1v) is 10.8. The van der Waals surface area contributed by atoms with Crippen LogP contribution in [0.5, 0.6) is 0 Å². The number of hydrogen-bond donors (Lipinski definition) is 1. The Morgan fingerprint density at radius 2 is 1.70 bits per heavy atom. The average molecular weight is 412 g/mol. The zero-order valence-corrected chi connectivity index (χ0v) is 17.4. The Bertz CT molecular complexity index is 819. The highest BCUT2D eigenvalue weighted by atomic mass is 19.1. The Morgan fingerprint density at radius 3 is 2.43 bits per heavy atom. The molecule has 2 aliphatic rings. The van der Waals surface area contributed by atoms with Gasteiger partial charge in [0.2, 0.25) is 5.91 Å². The molecule has 0 aromatic heterocycles. The van der Waals surface area contributed by atoms with E-state index in [1.165, 1.54) is 17.8 Å². The van der Waals surface area contributed by atoms with Crippen molar-refractivity contribution in [2.24, 2.45) is 5.92 Å². The fourth-order valence-electron chi connectivity index (χ4n) is 4.24. The second-order valence-corrected chi connectivity index (χ2v) is 8.18. The third-order valence-corrected chi connectivity index (χ3v) is 5.98. The Kier molecular flexibility index (Phi) is 6.97. The summed E-state index contributed by atoms with van der Waals surface area (Å²) in [6, 6.07) is 15.1. The number of carbonyl (C=O) groups excluding carboxylic acids is 1. The topological polar surface area (TPSA) is 44.8 Å². The molecule has 2 heterocycles. The maximum atomic E-state index is 13.1. The van der Waals surface area contributed by atoms with E-state index in [0.29, 0.717) is 6.54 Å². The maximum Gasteiger partial charge on any atom is 0.224 e. The summed E-state index contributed by atoms with van der Waals surface area (Å²) in [5.41, 5.74) is 3.40. The highest BCUT2D eigenvalue weighted by Crippen LogP contribution is 2.20. The van der Waals surface area contributed by atoms with Crippen LogP contribution in [0.15, 0.2) is 48.5 Å². The van der Waals surface area contributed by atoms with Crippen LogP contribution < -0.4 is 10.2 Å². The van der Waals surface area contributed by atoms with Gasteiger partial charge in [-0.15, -0.1) is 0 Å². The number of amides is 1. The van der Waals surface area contributed by atoms with Gasteiger partial charge in [-0.05, 0) is 54.8 Å². The predicted octanol–water partition coefficient (Wildman–Crippen LogP) is 3.19. The lowest BCUT2D eigenvalue weighted by atomic mass is 9.96. The molecule has 0 radical (unpaired) electrons. The van der Waals surface area contributed by atoms with E-state index in [2.05, 4.69) is 39.4 Å². The lowest BCUT2D eigenvalue weighted by molar-refractivity contribution is -0.126. The maximum absolute atomic E-state index is 13.1. The molecule has 6 heteroatoms. The summed E-state index contributed by atoms with van der Waals surface area (Å²) >= 11 is 0. The Balaban J connectivity index is 1.25. The lowest BCUT2D eigenvalue weighted by Gasteiger charge is -2.32. The zero-order valence-electron chi connectivity index (χ0n) is 17.4. The van der Waals surface area contributed by atoms with Crippen molar-refractivity contribution < 1.29 is 13.9 Å². The number of benzene rings is 2. The molecule has 2 fully saturated rings. The van der Waals surface area contributed by atoms with Gasteiger partial charge >= 0.3 is 0 Å². The number of likely N-dealkylation sites (tertiary alicyclic amines) is 1. The summed E-state index contributed by atoms with van der Waals surface area (Å²) in [7, 11) is 0. The number of hydrogen-bond acceptors (Lipinski definition) is 4. The summed E-state index contributed by atoms with van der Waals surface area (Å²) < 4.78 is 18.5. The summed E-state index contributed by atoms with van der Waals surface area (Å²) in [6.45, 7) is 6.43. The number of piperidine rings is 1. The SMILES string of the molecule is O=C(NCc1ccc(N2CCOCC2)cc1)C1CCCN(Cc2ccc(F)cc2)C1. The number of rotatable bonds is 6. The number of anilines is 1. The molecule has 0 spiro atoms. The molecule has 2 saturated heterocycles. The number of nitrogens with one attached hydrogen (secondary N) is 1. The molecule has 1 atom stereocenters. The van der Waals surface area contributed by atoms with Gasteiger partial charge in [0.25, 0.3) is 0 Å². The molecule has 0 bridgehead atoms. The van der Waals surface area contributed by atoms with E-state index in [1.54, 1.807) is 0 Å². The first-order valence-electron chi connectivity index (χ1n) is 10.8. The zero-order chi connectivity index (χ0) is 20.8. The minimum absolute atomic E-state index is 0.00632. The van der Waals surface area contributed by atoms with Gasteiger partial charge in [-0.3, -0.25) is 9.69 Å². The van der Waals surface area contributed by atoms with E-state index >= 15 is 0 Å². The summed E-state index contributed by atoms with van der Waals surface area (Å²) in [5, 5.41) is 3.11. The van der Waals surface area contributed by atoms with Crippen LogP contribution in [0.1, 0.15) is 24.0 Å². The molecule has 0 aliphatic carbocycles. The van der Waals surface area contributed by atoms with Gasteiger partial charge in [-0.1, -0.05) is 24.3 Å². The van der Waals surface area contributed by atoms with Crippen LogP contribution in [0.4, 0.5) is 10.1 Å². The highest BCUT2D eigenvalue weighted by Gasteiger charge is 2.25. The fraction of sp³-hybridized carbons (Fsp3) is 0.458. The summed E-state index contributed by atoms with van der Waals surface area (Å²) in [4.78, 5) is 17.3. The molecule has 30 heavy (non-hydrogen) atoms. The Morgan fingerprint density at radius 1 is 1.00 bits per heavy atom. The van der Waals surface area contributed by atoms with Crippen molar-refractivity contribution in [3.8, 4) is 0 Å². The molecule has 1 N–H and O–H groups in total. The Hall–Kier alpha value is -2.44. The van der Waals surface area contributed by atoms with Crippen molar-refractivity contribution in [2.75, 3.05) is 44.3 Å². The third kappa shape index (κ3) is 5.58. The van der Waals surface area contributed by atoms with E-state index in [4.69, 9.17) is 4.74 Å². The lowest BCUT2D eigenvalue weighted by Crippen LogP contribution is -2.42. The van der Waals surface area contributed by atoms with Crippen LogP contribution >= 0.6 is 0 Å². The molecular formula is C24H30FN3O2. The molecule has 2 aromatic rings. The van der Waals surface area contributed by atoms with E-state index in [-0.39, 0.29) is 17.6 Å². The van der Waals surface area contributed by atoms with Gasteiger partial charge < -0.3 is 15.0 Å². The molecular weight excluding hydrogens is 381 g/mol. The van der Waals surface area contributed by atoms with E-state index in [0.717, 1.165) is 69.9 Å². The van der Waals surface area contributed by atoms with E-state index < -0.39 is 0 Å². The van der Waals surface area contributed by atoms with Crippen LogP contribution in [-0.4, -0.2) is 50.2 Å². The summed E-state index contributed by atoms with van der Waals surface area (Å²) in [6.07, 6.45) is 1.93. The number of halogens is 1. The van der Waals surface area contributed by atoms with Crippen molar-refractivity contribution in [1.29, 1.82) is 0 Å². The minimum Gasteiger partial charge on any atom is -0.378 e. The van der Waals surface area contributed by atoms with E-state index in [1.807, 2.05) is 12.1 Å². The monoisotopic (exact) mass is 411 g/mol. The number of nitrogens with zero attached hydrogens (tertiary/aromatic N) is 2. The molecule has 2 aliphatic heterocycles. The van der Waals surface area contributed by atoms with Crippen LogP contribution in [0.25, 0.3) is 0 Å². The predicted molar refractivity (Wildman–Crippen MR) is 116 cm³/mol. The van der Waals surface area contributed by atoms with Crippen LogP contribution in [0.2, 0.25) is 0 Å². The van der Waals surface area contributed by atoms with Crippen molar-refractivity contribution in [3.05, 3.63) is 65.5 Å². The highest BCUT2D eigenvalue weighted by molar-refractivity contribution is 5.79. The normalized spacial score (nSPS) is 20.2. The molecule has 2 aromatic carbocycles. The van der Waals surface area contributed by atoms with Crippen LogP contribution in [0, 0.1) is 11.7 Å². The summed E-state index contributed by atoms with van der Waals surface area (Å²) in [5.74, 6) is -0.0875. The first kappa shape index (κ1) is 20.8. The molecule has 5 nitrogen and oxygen atoms in total. The second kappa shape index (κ2) is 10.0. The smallest absolute Gasteiger partial charge is 0.224 e. The number of morpholine rings is 1. The second-order valence-electron chi connectivity index (χ2n) is 8.18. The fourth-order valence-corrected chi connectivity index (χ4v) is 4.24. The largest absolute Gasteiger partial charge is 0.378 e. The van der Waals surface area contributed by atoms with E-state index in [9.17, 15) is 9.18 Å². The first-order chi connectivity index (χ1) is 14.7. The standard InChI is InChI=1S/C24H30FN3O2/c25-22-7-3-20(4-8-22)17-27-11-1-2-21(18-27)24(29)26-16-19-5-9-23(10-6-19)28-12-14-30-15-13-28/h3-10,21H,1-2,11-18H2,(H,26,29). The average Bonchev–Trinajstić information content (AvgIpc) is 2.80. The van der Waals surface area contributed by atoms with Crippen LogP contribution in [0.3, 0.4) is 0 Å². The quantitative estimate of drug-likeness (QED) is 0.793. The molecule has 4 rings (SSSR count). The van der Waals surface area contributed by atoms with Crippen molar-refractivity contribution >= 4 is 11.6 Å². The van der Waals surface area contributed by atoms with Gasteiger partial charge in [-0.2, -0.15) is 0 Å². The molecule has 1 unspecified atom stereocenters. The van der Waals surface area contributed by atoms with Crippen LogP contribution in [-0.2, 0) is 22.6 Å². The van der Waals surface area contributed by atoms with Gasteiger partial charge in [0.1, 0.15) is 5.82 Å². The van der Waals surface area contributed by atoms with Gasteiger partial charge in [0.15, 0.2) is 0 Å². The van der Waals surface area contributed by atoms with Gasteiger partial charge in [-0.25, -0.2) is 4.39 Å².